The molecule has 134 valence electrons. The van der Waals surface area contributed by atoms with E-state index in [1.807, 2.05) is 37.3 Å². The fourth-order valence-corrected chi connectivity index (χ4v) is 2.60. The van der Waals surface area contributed by atoms with Crippen LogP contribution in [0.1, 0.15) is 37.8 Å². The molecule has 0 fully saturated rings. The third-order valence-electron chi connectivity index (χ3n) is 3.82. The van der Waals surface area contributed by atoms with E-state index in [2.05, 4.69) is 36.6 Å². The number of nitrogens with one attached hydrogen (secondary N) is 2. The molecule has 0 bridgehead atoms. The molecule has 0 aliphatic heterocycles. The van der Waals surface area contributed by atoms with Crippen LogP contribution in [0.3, 0.4) is 0 Å². The maximum atomic E-state index is 5.60. The predicted molar refractivity (Wildman–Crippen MR) is 108 cm³/mol. The van der Waals surface area contributed by atoms with Gasteiger partial charge < -0.3 is 20.1 Å². The lowest BCUT2D eigenvalue weighted by Crippen LogP contribution is -2.27. The van der Waals surface area contributed by atoms with Crippen LogP contribution in [0.2, 0.25) is 0 Å². The number of ether oxygens (including phenoxy) is 2. The van der Waals surface area contributed by atoms with Gasteiger partial charge in [0.1, 0.15) is 0 Å². The maximum Gasteiger partial charge on any atom is 0.171 e. The minimum atomic E-state index is 0.522. The molecule has 4 nitrogen and oxygen atoms in total. The molecule has 0 atom stereocenters. The Bertz CT molecular complexity index is 699. The first-order chi connectivity index (χ1) is 12.0. The molecule has 0 unspecified atom stereocenters. The molecule has 0 saturated carbocycles. The summed E-state index contributed by atoms with van der Waals surface area (Å²) in [6.07, 6.45) is 0. The first-order valence-corrected chi connectivity index (χ1v) is 8.88. The van der Waals surface area contributed by atoms with E-state index in [0.29, 0.717) is 24.2 Å². The van der Waals surface area contributed by atoms with Gasteiger partial charge in [-0.15, -0.1) is 0 Å². The van der Waals surface area contributed by atoms with Crippen LogP contribution in [0.15, 0.2) is 42.5 Å². The Morgan fingerprint density at radius 3 is 2.40 bits per heavy atom. The number of thiocarbonyl (C=S) groups is 1. The van der Waals surface area contributed by atoms with E-state index in [-0.39, 0.29) is 0 Å². The third kappa shape index (κ3) is 5.64. The number of anilines is 1. The highest BCUT2D eigenvalue weighted by Crippen LogP contribution is 2.28. The van der Waals surface area contributed by atoms with Crippen LogP contribution in [0, 0.1) is 0 Å². The fourth-order valence-electron chi connectivity index (χ4n) is 2.41. The van der Waals surface area contributed by atoms with Crippen molar-refractivity contribution in [2.24, 2.45) is 0 Å². The lowest BCUT2D eigenvalue weighted by atomic mass is 10.0. The average Bonchev–Trinajstić information content (AvgIpc) is 2.61. The molecule has 0 heterocycles. The van der Waals surface area contributed by atoms with E-state index < -0.39 is 0 Å². The molecule has 2 aromatic rings. The number of rotatable bonds is 7. The number of methoxy groups -OCH3 is 1. The summed E-state index contributed by atoms with van der Waals surface area (Å²) in [5.41, 5.74) is 3.36. The molecule has 0 amide bonds. The topological polar surface area (TPSA) is 42.5 Å². The molecule has 0 spiro atoms. The normalized spacial score (nSPS) is 10.4. The molecular weight excluding hydrogens is 332 g/mol. The minimum absolute atomic E-state index is 0.522. The van der Waals surface area contributed by atoms with E-state index >= 15 is 0 Å². The Hall–Kier alpha value is -2.27. The van der Waals surface area contributed by atoms with Gasteiger partial charge in [0.15, 0.2) is 16.6 Å². The standard InChI is InChI=1S/C20H26N2O2S/c1-5-24-19-12-15(6-11-18(19)23-4)13-21-20(25)22-17-9-7-16(8-10-17)14(2)3/h6-12,14H,5,13H2,1-4H3,(H2,21,22,25). The van der Waals surface area contributed by atoms with Crippen LogP contribution in [0.25, 0.3) is 0 Å². The average molecular weight is 359 g/mol. The third-order valence-corrected chi connectivity index (χ3v) is 4.06. The van der Waals surface area contributed by atoms with E-state index in [1.165, 1.54) is 5.56 Å². The molecule has 0 saturated heterocycles. The smallest absolute Gasteiger partial charge is 0.171 e. The summed E-state index contributed by atoms with van der Waals surface area (Å²) in [6, 6.07) is 14.2. The van der Waals surface area contributed by atoms with Crippen molar-refractivity contribution in [1.29, 1.82) is 0 Å². The molecule has 0 aliphatic carbocycles. The second-order valence-electron chi connectivity index (χ2n) is 6.00. The largest absolute Gasteiger partial charge is 0.493 e. The number of hydrogen-bond acceptors (Lipinski definition) is 3. The lowest BCUT2D eigenvalue weighted by Gasteiger charge is -2.14. The molecule has 5 heteroatoms. The summed E-state index contributed by atoms with van der Waals surface area (Å²) in [5.74, 6) is 2.00. The second kappa shape index (κ2) is 9.28. The Morgan fingerprint density at radius 1 is 1.08 bits per heavy atom. The quantitative estimate of drug-likeness (QED) is 0.702. The van der Waals surface area contributed by atoms with Crippen molar-refractivity contribution in [3.63, 3.8) is 0 Å². The minimum Gasteiger partial charge on any atom is -0.493 e. The predicted octanol–water partition coefficient (Wildman–Crippen LogP) is 4.70. The monoisotopic (exact) mass is 358 g/mol. The zero-order chi connectivity index (χ0) is 18.2. The zero-order valence-corrected chi connectivity index (χ0v) is 16.1. The molecule has 25 heavy (non-hydrogen) atoms. The van der Waals surface area contributed by atoms with Crippen molar-refractivity contribution in [2.75, 3.05) is 19.0 Å². The molecule has 2 rings (SSSR count). The van der Waals surface area contributed by atoms with Gasteiger partial charge in [-0.3, -0.25) is 0 Å². The second-order valence-corrected chi connectivity index (χ2v) is 6.41. The van der Waals surface area contributed by atoms with Gasteiger partial charge in [0.05, 0.1) is 13.7 Å². The summed E-state index contributed by atoms with van der Waals surface area (Å²) in [4.78, 5) is 0. The van der Waals surface area contributed by atoms with Gasteiger partial charge >= 0.3 is 0 Å². The van der Waals surface area contributed by atoms with Crippen LogP contribution in [-0.2, 0) is 6.54 Å². The van der Waals surface area contributed by atoms with Crippen molar-refractivity contribution < 1.29 is 9.47 Å². The number of hydrogen-bond donors (Lipinski definition) is 2. The van der Waals surface area contributed by atoms with Crippen LogP contribution in [0.4, 0.5) is 5.69 Å². The van der Waals surface area contributed by atoms with Gasteiger partial charge in [-0.2, -0.15) is 0 Å². The van der Waals surface area contributed by atoms with Crippen molar-refractivity contribution in [3.05, 3.63) is 53.6 Å². The van der Waals surface area contributed by atoms with Crippen molar-refractivity contribution in [1.82, 2.24) is 5.32 Å². The molecule has 0 aliphatic rings. The summed E-state index contributed by atoms with van der Waals surface area (Å²) in [5, 5.41) is 7.01. The van der Waals surface area contributed by atoms with E-state index in [0.717, 1.165) is 22.7 Å². The molecule has 0 radical (unpaired) electrons. The summed E-state index contributed by atoms with van der Waals surface area (Å²) >= 11 is 5.37. The molecule has 2 N–H and O–H groups in total. The highest BCUT2D eigenvalue weighted by molar-refractivity contribution is 7.80. The highest BCUT2D eigenvalue weighted by Gasteiger charge is 2.06. The van der Waals surface area contributed by atoms with E-state index in [1.54, 1.807) is 7.11 Å². The van der Waals surface area contributed by atoms with Gasteiger partial charge in [0.2, 0.25) is 0 Å². The van der Waals surface area contributed by atoms with E-state index in [9.17, 15) is 0 Å². The summed E-state index contributed by atoms with van der Waals surface area (Å²) in [6.45, 7) is 7.52. The lowest BCUT2D eigenvalue weighted by molar-refractivity contribution is 0.310. The molecular formula is C20H26N2O2S. The maximum absolute atomic E-state index is 5.60. The van der Waals surface area contributed by atoms with Crippen LogP contribution < -0.4 is 20.1 Å². The van der Waals surface area contributed by atoms with Crippen molar-refractivity contribution >= 4 is 23.0 Å². The Labute approximate surface area is 155 Å². The molecule has 0 aromatic heterocycles. The Morgan fingerprint density at radius 2 is 1.80 bits per heavy atom. The fraction of sp³-hybridized carbons (Fsp3) is 0.350. The van der Waals surface area contributed by atoms with Crippen LogP contribution in [-0.4, -0.2) is 18.8 Å². The van der Waals surface area contributed by atoms with Gasteiger partial charge in [0.25, 0.3) is 0 Å². The van der Waals surface area contributed by atoms with Crippen LogP contribution in [0.5, 0.6) is 11.5 Å². The van der Waals surface area contributed by atoms with Gasteiger partial charge in [0, 0.05) is 12.2 Å². The Kier molecular flexibility index (Phi) is 7.07. The SMILES string of the molecule is CCOc1cc(CNC(=S)Nc2ccc(C(C)C)cc2)ccc1OC. The van der Waals surface area contributed by atoms with E-state index in [4.69, 9.17) is 21.7 Å². The van der Waals surface area contributed by atoms with Gasteiger partial charge in [-0.1, -0.05) is 32.0 Å². The number of benzene rings is 2. The summed E-state index contributed by atoms with van der Waals surface area (Å²) < 4.78 is 10.9. The first-order valence-electron chi connectivity index (χ1n) is 8.48. The highest BCUT2D eigenvalue weighted by atomic mass is 32.1. The zero-order valence-electron chi connectivity index (χ0n) is 15.3. The summed E-state index contributed by atoms with van der Waals surface area (Å²) in [7, 11) is 1.64. The Balaban J connectivity index is 1.92. The van der Waals surface area contributed by atoms with Crippen molar-refractivity contribution in [2.45, 2.75) is 33.2 Å². The molecule has 2 aromatic carbocycles. The van der Waals surface area contributed by atoms with Gasteiger partial charge in [-0.05, 0) is 60.5 Å². The van der Waals surface area contributed by atoms with Crippen molar-refractivity contribution in [3.8, 4) is 11.5 Å². The first kappa shape index (κ1) is 19.1. The van der Waals surface area contributed by atoms with Crippen LogP contribution >= 0.6 is 12.2 Å². The van der Waals surface area contributed by atoms with Gasteiger partial charge in [-0.25, -0.2) is 0 Å².